The lowest BCUT2D eigenvalue weighted by Crippen LogP contribution is -2.42. The second-order valence-corrected chi connectivity index (χ2v) is 6.10. The van der Waals surface area contributed by atoms with Crippen molar-refractivity contribution in [1.82, 2.24) is 4.90 Å². The standard InChI is InChI=1S/C16H24N2O/c1-18(10-11-4-3-5-11)15-8-12-6-7-13(19-2)9-14(12)16(15)17/h6-7,9,11,15-16H,3-5,8,10,17H2,1-2H3. The molecule has 0 saturated heterocycles. The number of hydrogen-bond donors (Lipinski definition) is 1. The Kier molecular flexibility index (Phi) is 3.50. The molecular weight excluding hydrogens is 236 g/mol. The molecule has 2 N–H and O–H groups in total. The highest BCUT2D eigenvalue weighted by atomic mass is 16.5. The van der Waals surface area contributed by atoms with Gasteiger partial charge in [0.1, 0.15) is 5.75 Å². The number of fused-ring (bicyclic) bond motifs is 1. The Labute approximate surface area is 115 Å². The number of likely N-dealkylation sites (N-methyl/N-ethyl adjacent to an activating group) is 1. The van der Waals surface area contributed by atoms with Crippen molar-refractivity contribution in [3.63, 3.8) is 0 Å². The molecule has 3 rings (SSSR count). The number of nitrogens with two attached hydrogens (primary N) is 1. The van der Waals surface area contributed by atoms with Crippen molar-refractivity contribution in [3.05, 3.63) is 29.3 Å². The predicted molar refractivity (Wildman–Crippen MR) is 77.4 cm³/mol. The summed E-state index contributed by atoms with van der Waals surface area (Å²) in [6.07, 6.45) is 5.27. The summed E-state index contributed by atoms with van der Waals surface area (Å²) in [5.41, 5.74) is 9.11. The summed E-state index contributed by atoms with van der Waals surface area (Å²) < 4.78 is 5.31. The smallest absolute Gasteiger partial charge is 0.119 e. The van der Waals surface area contributed by atoms with Gasteiger partial charge in [0.05, 0.1) is 7.11 Å². The molecule has 0 amide bonds. The SMILES string of the molecule is COc1ccc2c(c1)C(N)C(N(C)CC1CCC1)C2. The van der Waals surface area contributed by atoms with Crippen molar-refractivity contribution in [1.29, 1.82) is 0 Å². The van der Waals surface area contributed by atoms with Crippen LogP contribution < -0.4 is 10.5 Å². The Bertz CT molecular complexity index is 456. The minimum Gasteiger partial charge on any atom is -0.497 e. The summed E-state index contributed by atoms with van der Waals surface area (Å²) in [6.45, 7) is 1.20. The van der Waals surface area contributed by atoms with Gasteiger partial charge in [0.15, 0.2) is 0 Å². The predicted octanol–water partition coefficient (Wildman–Crippen LogP) is 2.35. The summed E-state index contributed by atoms with van der Waals surface area (Å²) in [5, 5.41) is 0. The van der Waals surface area contributed by atoms with E-state index in [2.05, 4.69) is 24.1 Å². The molecule has 0 aliphatic heterocycles. The van der Waals surface area contributed by atoms with Gasteiger partial charge in [0.25, 0.3) is 0 Å². The molecule has 1 saturated carbocycles. The van der Waals surface area contributed by atoms with Crippen LogP contribution in [0.4, 0.5) is 0 Å². The Morgan fingerprint density at radius 3 is 2.79 bits per heavy atom. The zero-order chi connectivity index (χ0) is 13.4. The van der Waals surface area contributed by atoms with Crippen molar-refractivity contribution in [2.24, 2.45) is 11.7 Å². The molecule has 2 atom stereocenters. The van der Waals surface area contributed by atoms with Crippen molar-refractivity contribution < 1.29 is 4.74 Å². The van der Waals surface area contributed by atoms with Gasteiger partial charge in [-0.25, -0.2) is 0 Å². The molecule has 2 unspecified atom stereocenters. The van der Waals surface area contributed by atoms with E-state index in [9.17, 15) is 0 Å². The van der Waals surface area contributed by atoms with Crippen molar-refractivity contribution in [2.75, 3.05) is 20.7 Å². The molecule has 1 aromatic rings. The van der Waals surface area contributed by atoms with Gasteiger partial charge in [0.2, 0.25) is 0 Å². The Morgan fingerprint density at radius 2 is 2.16 bits per heavy atom. The van der Waals surface area contributed by atoms with Crippen LogP contribution in [0.25, 0.3) is 0 Å². The highest BCUT2D eigenvalue weighted by Crippen LogP contribution is 2.36. The maximum Gasteiger partial charge on any atom is 0.119 e. The normalized spacial score (nSPS) is 26.3. The number of methoxy groups -OCH3 is 1. The van der Waals surface area contributed by atoms with E-state index in [0.29, 0.717) is 6.04 Å². The molecule has 0 heterocycles. The number of nitrogens with zero attached hydrogens (tertiary/aromatic N) is 1. The minimum absolute atomic E-state index is 0.121. The topological polar surface area (TPSA) is 38.5 Å². The van der Waals surface area contributed by atoms with Crippen molar-refractivity contribution in [3.8, 4) is 5.75 Å². The van der Waals surface area contributed by atoms with E-state index in [4.69, 9.17) is 10.5 Å². The molecule has 1 fully saturated rings. The average molecular weight is 260 g/mol. The van der Waals surface area contributed by atoms with Gasteiger partial charge in [-0.1, -0.05) is 12.5 Å². The maximum atomic E-state index is 6.45. The lowest BCUT2D eigenvalue weighted by atomic mass is 9.85. The summed E-state index contributed by atoms with van der Waals surface area (Å²) in [4.78, 5) is 2.47. The lowest BCUT2D eigenvalue weighted by Gasteiger charge is -2.35. The first kappa shape index (κ1) is 12.9. The quantitative estimate of drug-likeness (QED) is 0.903. The first-order valence-electron chi connectivity index (χ1n) is 7.31. The molecular formula is C16H24N2O. The molecule has 3 nitrogen and oxygen atoms in total. The third kappa shape index (κ3) is 2.37. The molecule has 19 heavy (non-hydrogen) atoms. The second kappa shape index (κ2) is 5.14. The Balaban J connectivity index is 1.72. The molecule has 104 valence electrons. The van der Waals surface area contributed by atoms with Crippen molar-refractivity contribution in [2.45, 2.75) is 37.8 Å². The fourth-order valence-electron chi connectivity index (χ4n) is 3.40. The highest BCUT2D eigenvalue weighted by Gasteiger charge is 2.34. The molecule has 0 bridgehead atoms. The van der Waals surface area contributed by atoms with Gasteiger partial charge in [0, 0.05) is 18.6 Å². The van der Waals surface area contributed by atoms with E-state index in [-0.39, 0.29) is 6.04 Å². The van der Waals surface area contributed by atoms with E-state index in [0.717, 1.165) is 18.1 Å². The monoisotopic (exact) mass is 260 g/mol. The van der Waals surface area contributed by atoms with E-state index in [1.165, 1.54) is 36.9 Å². The van der Waals surface area contributed by atoms with Crippen LogP contribution >= 0.6 is 0 Å². The van der Waals surface area contributed by atoms with Gasteiger partial charge in [-0.05, 0) is 55.5 Å². The highest BCUT2D eigenvalue weighted by molar-refractivity contribution is 5.42. The van der Waals surface area contributed by atoms with Crippen LogP contribution in [0, 0.1) is 5.92 Å². The van der Waals surface area contributed by atoms with Crippen LogP contribution in [0.15, 0.2) is 18.2 Å². The van der Waals surface area contributed by atoms with Gasteiger partial charge < -0.3 is 15.4 Å². The minimum atomic E-state index is 0.121. The summed E-state index contributed by atoms with van der Waals surface area (Å²) >= 11 is 0. The van der Waals surface area contributed by atoms with E-state index >= 15 is 0 Å². The van der Waals surface area contributed by atoms with Crippen molar-refractivity contribution >= 4 is 0 Å². The zero-order valence-corrected chi connectivity index (χ0v) is 11.9. The van der Waals surface area contributed by atoms with E-state index < -0.39 is 0 Å². The summed E-state index contributed by atoms with van der Waals surface area (Å²) in [5.74, 6) is 1.81. The third-order valence-corrected chi connectivity index (χ3v) is 4.89. The molecule has 0 spiro atoms. The lowest BCUT2D eigenvalue weighted by molar-refractivity contribution is 0.151. The Hall–Kier alpha value is -1.06. The first-order chi connectivity index (χ1) is 9.19. The number of hydrogen-bond acceptors (Lipinski definition) is 3. The van der Waals surface area contributed by atoms with Gasteiger partial charge in [-0.15, -0.1) is 0 Å². The summed E-state index contributed by atoms with van der Waals surface area (Å²) in [7, 11) is 3.94. The number of benzene rings is 1. The van der Waals surface area contributed by atoms with Crippen LogP contribution in [0.1, 0.15) is 36.4 Å². The van der Waals surface area contributed by atoms with E-state index in [1.54, 1.807) is 7.11 Å². The fourth-order valence-corrected chi connectivity index (χ4v) is 3.40. The molecule has 0 radical (unpaired) electrons. The summed E-state index contributed by atoms with van der Waals surface area (Å²) in [6, 6.07) is 6.89. The molecule has 2 aliphatic rings. The fraction of sp³-hybridized carbons (Fsp3) is 0.625. The van der Waals surface area contributed by atoms with Crippen LogP contribution in [0.5, 0.6) is 5.75 Å². The Morgan fingerprint density at radius 1 is 1.37 bits per heavy atom. The van der Waals surface area contributed by atoms with Crippen LogP contribution in [0.2, 0.25) is 0 Å². The van der Waals surface area contributed by atoms with Gasteiger partial charge in [-0.2, -0.15) is 0 Å². The number of ether oxygens (including phenoxy) is 1. The molecule has 0 aromatic heterocycles. The average Bonchev–Trinajstić information content (AvgIpc) is 2.71. The zero-order valence-electron chi connectivity index (χ0n) is 11.9. The first-order valence-corrected chi connectivity index (χ1v) is 7.31. The van der Waals surface area contributed by atoms with E-state index in [1.807, 2.05) is 6.07 Å². The largest absolute Gasteiger partial charge is 0.497 e. The van der Waals surface area contributed by atoms with Crippen LogP contribution in [0.3, 0.4) is 0 Å². The van der Waals surface area contributed by atoms with Crippen LogP contribution in [-0.4, -0.2) is 31.6 Å². The van der Waals surface area contributed by atoms with Crippen LogP contribution in [-0.2, 0) is 6.42 Å². The van der Waals surface area contributed by atoms with Gasteiger partial charge in [-0.3, -0.25) is 0 Å². The number of rotatable bonds is 4. The van der Waals surface area contributed by atoms with Gasteiger partial charge >= 0.3 is 0 Å². The molecule has 1 aromatic carbocycles. The maximum absolute atomic E-state index is 6.45. The molecule has 3 heteroatoms. The third-order valence-electron chi connectivity index (χ3n) is 4.89. The second-order valence-electron chi connectivity index (χ2n) is 6.10. The molecule has 2 aliphatic carbocycles.